The van der Waals surface area contributed by atoms with E-state index in [1.807, 2.05) is 0 Å². The molecular formula is C14H25N5OS. The molecule has 3 N–H and O–H groups in total. The number of anilines is 1. The Morgan fingerprint density at radius 3 is 2.62 bits per heavy atom. The number of thiazole rings is 1. The summed E-state index contributed by atoms with van der Waals surface area (Å²) in [6.07, 6.45) is 0. The van der Waals surface area contributed by atoms with Crippen molar-refractivity contribution in [2.24, 2.45) is 5.92 Å². The molecule has 118 valence electrons. The molecule has 1 aliphatic heterocycles. The highest BCUT2D eigenvalue weighted by atomic mass is 32.1. The van der Waals surface area contributed by atoms with Gasteiger partial charge in [0, 0.05) is 44.1 Å². The molecule has 1 unspecified atom stereocenters. The number of carbonyl (C=O) groups is 1. The molecule has 0 saturated carbocycles. The largest absolute Gasteiger partial charge is 0.375 e. The van der Waals surface area contributed by atoms with Crippen molar-refractivity contribution >= 4 is 22.4 Å². The Kier molecular flexibility index (Phi) is 5.55. The van der Waals surface area contributed by atoms with Crippen LogP contribution in [-0.4, -0.2) is 66.5 Å². The first kappa shape index (κ1) is 16.2. The van der Waals surface area contributed by atoms with Crippen LogP contribution in [0.5, 0.6) is 0 Å². The van der Waals surface area contributed by atoms with Crippen molar-refractivity contribution in [2.75, 3.05) is 45.5 Å². The van der Waals surface area contributed by atoms with E-state index in [9.17, 15) is 4.79 Å². The Labute approximate surface area is 130 Å². The first-order valence-corrected chi connectivity index (χ1v) is 8.27. The lowest BCUT2D eigenvalue weighted by Gasteiger charge is -2.39. The van der Waals surface area contributed by atoms with Crippen LogP contribution in [0.15, 0.2) is 5.38 Å². The van der Waals surface area contributed by atoms with Crippen LogP contribution >= 0.6 is 11.3 Å². The van der Waals surface area contributed by atoms with E-state index in [4.69, 9.17) is 5.73 Å². The number of rotatable bonds is 5. The molecule has 1 atom stereocenters. The Balaban J connectivity index is 1.89. The predicted molar refractivity (Wildman–Crippen MR) is 86.6 cm³/mol. The zero-order chi connectivity index (χ0) is 15.4. The predicted octanol–water partition coefficient (Wildman–Crippen LogP) is 0.727. The van der Waals surface area contributed by atoms with Gasteiger partial charge in [-0.2, -0.15) is 0 Å². The van der Waals surface area contributed by atoms with Crippen molar-refractivity contribution in [3.05, 3.63) is 11.1 Å². The fraction of sp³-hybridized carbons (Fsp3) is 0.714. The maximum atomic E-state index is 12.1. The number of likely N-dealkylation sites (N-methyl/N-ethyl adjacent to an activating group) is 1. The van der Waals surface area contributed by atoms with Crippen molar-refractivity contribution in [1.82, 2.24) is 20.1 Å². The third-order valence-corrected chi connectivity index (χ3v) is 4.68. The molecule has 0 radical (unpaired) electrons. The third-order valence-electron chi connectivity index (χ3n) is 4.00. The van der Waals surface area contributed by atoms with Gasteiger partial charge in [0.05, 0.1) is 0 Å². The summed E-state index contributed by atoms with van der Waals surface area (Å²) >= 11 is 1.29. The maximum absolute atomic E-state index is 12.1. The Morgan fingerprint density at radius 1 is 1.43 bits per heavy atom. The number of nitrogens with two attached hydrogens (primary N) is 1. The summed E-state index contributed by atoms with van der Waals surface area (Å²) in [5.41, 5.74) is 5.98. The summed E-state index contributed by atoms with van der Waals surface area (Å²) in [7, 11) is 2.15. The number of piperazine rings is 1. The Bertz CT molecular complexity index is 468. The summed E-state index contributed by atoms with van der Waals surface area (Å²) in [5.74, 6) is 0.358. The number of aromatic nitrogens is 1. The van der Waals surface area contributed by atoms with Gasteiger partial charge in [0.15, 0.2) is 5.13 Å². The summed E-state index contributed by atoms with van der Waals surface area (Å²) in [4.78, 5) is 20.9. The number of carbonyl (C=O) groups excluding carboxylic acids is 1. The minimum Gasteiger partial charge on any atom is -0.375 e. The normalized spacial score (nSPS) is 18.9. The molecule has 1 aromatic rings. The second-order valence-electron chi connectivity index (χ2n) is 5.93. The summed E-state index contributed by atoms with van der Waals surface area (Å²) in [5, 5.41) is 5.13. The lowest BCUT2D eigenvalue weighted by atomic mass is 10.0. The van der Waals surface area contributed by atoms with Crippen molar-refractivity contribution in [3.8, 4) is 0 Å². The van der Waals surface area contributed by atoms with Gasteiger partial charge in [-0.15, -0.1) is 11.3 Å². The smallest absolute Gasteiger partial charge is 0.270 e. The lowest BCUT2D eigenvalue weighted by Crippen LogP contribution is -2.54. The third kappa shape index (κ3) is 4.39. The molecular weight excluding hydrogens is 286 g/mol. The topological polar surface area (TPSA) is 74.5 Å². The first-order chi connectivity index (χ1) is 9.97. The highest BCUT2D eigenvalue weighted by molar-refractivity contribution is 7.13. The molecule has 1 fully saturated rings. The average molecular weight is 311 g/mol. The standard InChI is InChI=1S/C14H25N5OS/c1-10(2)12(19-6-4-18(3)5-7-19)8-16-13(20)11-9-21-14(15)17-11/h9-10,12H,4-8H2,1-3H3,(H2,15,17)(H,16,20). The zero-order valence-corrected chi connectivity index (χ0v) is 13.8. The van der Waals surface area contributed by atoms with Crippen LogP contribution < -0.4 is 11.1 Å². The van der Waals surface area contributed by atoms with E-state index in [1.54, 1.807) is 5.38 Å². The lowest BCUT2D eigenvalue weighted by molar-refractivity contribution is 0.0789. The van der Waals surface area contributed by atoms with Crippen LogP contribution in [0.2, 0.25) is 0 Å². The van der Waals surface area contributed by atoms with Gasteiger partial charge in [0.2, 0.25) is 0 Å². The molecule has 0 aliphatic carbocycles. The van der Waals surface area contributed by atoms with E-state index >= 15 is 0 Å². The fourth-order valence-electron chi connectivity index (χ4n) is 2.62. The molecule has 21 heavy (non-hydrogen) atoms. The van der Waals surface area contributed by atoms with Crippen LogP contribution in [0.4, 0.5) is 5.13 Å². The second kappa shape index (κ2) is 7.20. The second-order valence-corrected chi connectivity index (χ2v) is 6.82. The maximum Gasteiger partial charge on any atom is 0.270 e. The number of nitrogens with one attached hydrogen (secondary N) is 1. The molecule has 1 aliphatic rings. The molecule has 0 aromatic carbocycles. The van der Waals surface area contributed by atoms with Gasteiger partial charge in [-0.25, -0.2) is 4.98 Å². The SMILES string of the molecule is CC(C)C(CNC(=O)c1csc(N)n1)N1CCN(C)CC1. The highest BCUT2D eigenvalue weighted by Gasteiger charge is 2.25. The minimum absolute atomic E-state index is 0.136. The number of nitrogen functional groups attached to an aromatic ring is 1. The van der Waals surface area contributed by atoms with Gasteiger partial charge < -0.3 is 16.0 Å². The molecule has 0 bridgehead atoms. The van der Waals surface area contributed by atoms with Gasteiger partial charge >= 0.3 is 0 Å². The van der Waals surface area contributed by atoms with Crippen LogP contribution in [0, 0.1) is 5.92 Å². The first-order valence-electron chi connectivity index (χ1n) is 7.39. The van der Waals surface area contributed by atoms with E-state index < -0.39 is 0 Å². The summed E-state index contributed by atoms with van der Waals surface area (Å²) in [6, 6.07) is 0.360. The van der Waals surface area contributed by atoms with E-state index in [0.717, 1.165) is 26.2 Å². The van der Waals surface area contributed by atoms with Crippen LogP contribution in [0.3, 0.4) is 0 Å². The number of hydrogen-bond acceptors (Lipinski definition) is 6. The molecule has 1 saturated heterocycles. The van der Waals surface area contributed by atoms with Crippen molar-refractivity contribution in [2.45, 2.75) is 19.9 Å². The van der Waals surface area contributed by atoms with E-state index in [2.05, 4.69) is 41.0 Å². The molecule has 2 rings (SSSR count). The zero-order valence-electron chi connectivity index (χ0n) is 13.0. The van der Waals surface area contributed by atoms with Crippen LogP contribution in [0.25, 0.3) is 0 Å². The van der Waals surface area contributed by atoms with Gasteiger partial charge in [0.1, 0.15) is 5.69 Å². The van der Waals surface area contributed by atoms with Crippen molar-refractivity contribution in [3.63, 3.8) is 0 Å². The van der Waals surface area contributed by atoms with Gasteiger partial charge in [-0.1, -0.05) is 13.8 Å². The molecule has 1 aromatic heterocycles. The van der Waals surface area contributed by atoms with Crippen LogP contribution in [0.1, 0.15) is 24.3 Å². The minimum atomic E-state index is -0.136. The monoisotopic (exact) mass is 311 g/mol. The van der Waals surface area contributed by atoms with Gasteiger partial charge in [-0.3, -0.25) is 9.69 Å². The average Bonchev–Trinajstić information content (AvgIpc) is 2.87. The number of hydrogen-bond donors (Lipinski definition) is 2. The van der Waals surface area contributed by atoms with Crippen molar-refractivity contribution in [1.29, 1.82) is 0 Å². The quantitative estimate of drug-likeness (QED) is 0.838. The number of nitrogens with zero attached hydrogens (tertiary/aromatic N) is 3. The molecule has 1 amide bonds. The van der Waals surface area contributed by atoms with E-state index in [1.165, 1.54) is 11.3 Å². The fourth-order valence-corrected chi connectivity index (χ4v) is 3.16. The van der Waals surface area contributed by atoms with E-state index in [0.29, 0.717) is 29.3 Å². The molecule has 0 spiro atoms. The Hall–Kier alpha value is -1.18. The summed E-state index contributed by atoms with van der Waals surface area (Å²) in [6.45, 7) is 9.33. The van der Waals surface area contributed by atoms with Gasteiger partial charge in [0.25, 0.3) is 5.91 Å². The Morgan fingerprint density at radius 2 is 2.10 bits per heavy atom. The molecule has 6 nitrogen and oxygen atoms in total. The van der Waals surface area contributed by atoms with E-state index in [-0.39, 0.29) is 5.91 Å². The van der Waals surface area contributed by atoms with Crippen molar-refractivity contribution < 1.29 is 4.79 Å². The van der Waals surface area contributed by atoms with Crippen LogP contribution in [-0.2, 0) is 0 Å². The summed E-state index contributed by atoms with van der Waals surface area (Å²) < 4.78 is 0. The molecule has 2 heterocycles. The highest BCUT2D eigenvalue weighted by Crippen LogP contribution is 2.14. The van der Waals surface area contributed by atoms with Gasteiger partial charge in [-0.05, 0) is 13.0 Å². The molecule has 7 heteroatoms. The number of amides is 1.